The van der Waals surface area contributed by atoms with Crippen molar-refractivity contribution in [3.63, 3.8) is 0 Å². The van der Waals surface area contributed by atoms with Crippen molar-refractivity contribution in [2.24, 2.45) is 5.92 Å². The van der Waals surface area contributed by atoms with E-state index in [1.165, 1.54) is 0 Å². The van der Waals surface area contributed by atoms with Crippen LogP contribution in [0.2, 0.25) is 0 Å². The standard InChI is InChI=1S/C9H15NO4/c1-9(2)13-7-5-4(3-12-10-5)6(11)8(7)14-9/h4-8,10-11H,3H2,1-2H3/t4-,5+,6-,7-,8+/m1/s1. The van der Waals surface area contributed by atoms with E-state index in [4.69, 9.17) is 14.3 Å². The summed E-state index contributed by atoms with van der Waals surface area (Å²) in [6.45, 7) is 4.26. The van der Waals surface area contributed by atoms with Crippen LogP contribution in [0.3, 0.4) is 0 Å². The number of aliphatic hydroxyl groups excluding tert-OH is 1. The smallest absolute Gasteiger partial charge is 0.163 e. The lowest BCUT2D eigenvalue weighted by molar-refractivity contribution is -0.167. The molecule has 0 bridgehead atoms. The number of hydrogen-bond donors (Lipinski definition) is 2. The van der Waals surface area contributed by atoms with E-state index < -0.39 is 11.9 Å². The summed E-state index contributed by atoms with van der Waals surface area (Å²) in [6.07, 6.45) is -0.786. The van der Waals surface area contributed by atoms with E-state index in [1.807, 2.05) is 13.8 Å². The summed E-state index contributed by atoms with van der Waals surface area (Å²) in [4.78, 5) is 5.11. The Balaban J connectivity index is 1.87. The van der Waals surface area contributed by atoms with Crippen molar-refractivity contribution in [2.45, 2.75) is 44.0 Å². The third-order valence-corrected chi connectivity index (χ3v) is 3.25. The molecule has 5 nitrogen and oxygen atoms in total. The molecule has 0 aromatic rings. The summed E-state index contributed by atoms with van der Waals surface area (Å²) >= 11 is 0. The molecule has 1 aliphatic carbocycles. The van der Waals surface area contributed by atoms with Gasteiger partial charge in [-0.3, -0.25) is 0 Å². The average molecular weight is 201 g/mol. The highest BCUT2D eigenvalue weighted by Gasteiger charge is 2.60. The molecule has 0 aromatic heterocycles. The van der Waals surface area contributed by atoms with Crippen LogP contribution in [0.5, 0.6) is 0 Å². The zero-order chi connectivity index (χ0) is 9.92. The molecule has 1 saturated carbocycles. The minimum Gasteiger partial charge on any atom is -0.390 e. The van der Waals surface area contributed by atoms with E-state index in [9.17, 15) is 5.11 Å². The zero-order valence-corrected chi connectivity index (χ0v) is 8.27. The molecule has 5 heteroatoms. The molecule has 2 saturated heterocycles. The van der Waals surface area contributed by atoms with Gasteiger partial charge in [0.2, 0.25) is 0 Å². The second-order valence-electron chi connectivity index (χ2n) is 4.67. The lowest BCUT2D eigenvalue weighted by atomic mass is 10.0. The van der Waals surface area contributed by atoms with E-state index >= 15 is 0 Å². The summed E-state index contributed by atoms with van der Waals surface area (Å²) in [7, 11) is 0. The van der Waals surface area contributed by atoms with Crippen molar-refractivity contribution < 1.29 is 19.4 Å². The highest BCUT2D eigenvalue weighted by Crippen LogP contribution is 2.42. The number of hydroxylamine groups is 1. The Kier molecular flexibility index (Phi) is 1.73. The van der Waals surface area contributed by atoms with Crippen LogP contribution in [-0.4, -0.2) is 41.9 Å². The van der Waals surface area contributed by atoms with Crippen LogP contribution >= 0.6 is 0 Å². The van der Waals surface area contributed by atoms with Crippen molar-refractivity contribution in [3.05, 3.63) is 0 Å². The monoisotopic (exact) mass is 201 g/mol. The molecule has 0 aromatic carbocycles. The summed E-state index contributed by atoms with van der Waals surface area (Å²) in [6, 6.07) is 0.0665. The fourth-order valence-electron chi connectivity index (χ4n) is 2.66. The average Bonchev–Trinajstić information content (AvgIpc) is 2.70. The van der Waals surface area contributed by atoms with Gasteiger partial charge in [-0.2, -0.15) is 5.48 Å². The molecule has 2 aliphatic heterocycles. The Morgan fingerprint density at radius 1 is 1.29 bits per heavy atom. The number of fused-ring (bicyclic) bond motifs is 3. The predicted octanol–water partition coefficient (Wildman–Crippen LogP) is -0.599. The highest BCUT2D eigenvalue weighted by atomic mass is 16.8. The number of rotatable bonds is 0. The van der Waals surface area contributed by atoms with Gasteiger partial charge in [0.15, 0.2) is 5.79 Å². The van der Waals surface area contributed by atoms with Gasteiger partial charge in [0, 0.05) is 5.92 Å². The summed E-state index contributed by atoms with van der Waals surface area (Å²) in [5.74, 6) is -0.493. The van der Waals surface area contributed by atoms with Crippen molar-refractivity contribution in [3.8, 4) is 0 Å². The first-order valence-corrected chi connectivity index (χ1v) is 4.99. The van der Waals surface area contributed by atoms with Gasteiger partial charge < -0.3 is 19.4 Å². The fraction of sp³-hybridized carbons (Fsp3) is 1.00. The van der Waals surface area contributed by atoms with Crippen LogP contribution in [0.15, 0.2) is 0 Å². The Hall–Kier alpha value is -0.200. The van der Waals surface area contributed by atoms with Gasteiger partial charge in [-0.05, 0) is 13.8 Å². The van der Waals surface area contributed by atoms with E-state index in [2.05, 4.69) is 5.48 Å². The van der Waals surface area contributed by atoms with Crippen LogP contribution in [0, 0.1) is 5.92 Å². The molecule has 0 amide bonds. The third-order valence-electron chi connectivity index (χ3n) is 3.25. The molecule has 3 rings (SSSR count). The van der Waals surface area contributed by atoms with Gasteiger partial charge in [-0.25, -0.2) is 0 Å². The maximum atomic E-state index is 9.98. The van der Waals surface area contributed by atoms with Gasteiger partial charge in [0.25, 0.3) is 0 Å². The Morgan fingerprint density at radius 3 is 2.79 bits per heavy atom. The molecule has 0 unspecified atom stereocenters. The van der Waals surface area contributed by atoms with Gasteiger partial charge in [-0.1, -0.05) is 0 Å². The Labute approximate surface area is 82.3 Å². The number of ether oxygens (including phenoxy) is 2. The van der Waals surface area contributed by atoms with E-state index in [1.54, 1.807) is 0 Å². The predicted molar refractivity (Wildman–Crippen MR) is 46.2 cm³/mol. The number of hydrogen-bond acceptors (Lipinski definition) is 5. The van der Waals surface area contributed by atoms with Crippen molar-refractivity contribution >= 4 is 0 Å². The van der Waals surface area contributed by atoms with Crippen molar-refractivity contribution in [2.75, 3.05) is 6.61 Å². The topological polar surface area (TPSA) is 60.0 Å². The number of aliphatic hydroxyl groups is 1. The van der Waals surface area contributed by atoms with Gasteiger partial charge in [0.1, 0.15) is 12.2 Å². The minimum absolute atomic E-state index is 0.0665. The normalized spacial score (nSPS) is 54.6. The first-order valence-electron chi connectivity index (χ1n) is 4.99. The lowest BCUT2D eigenvalue weighted by Gasteiger charge is -2.22. The quantitative estimate of drug-likeness (QED) is 0.548. The van der Waals surface area contributed by atoms with Crippen LogP contribution in [0.25, 0.3) is 0 Å². The lowest BCUT2D eigenvalue weighted by Crippen LogP contribution is -2.37. The fourth-order valence-corrected chi connectivity index (χ4v) is 2.66. The first kappa shape index (κ1) is 9.06. The minimum atomic E-state index is -0.592. The second-order valence-corrected chi connectivity index (χ2v) is 4.67. The summed E-state index contributed by atoms with van der Waals surface area (Å²) in [5, 5.41) is 9.98. The molecule has 3 aliphatic rings. The summed E-state index contributed by atoms with van der Waals surface area (Å²) < 4.78 is 11.4. The maximum Gasteiger partial charge on any atom is 0.163 e. The first-order chi connectivity index (χ1) is 6.58. The second kappa shape index (κ2) is 2.68. The Bertz CT molecular complexity index is 257. The van der Waals surface area contributed by atoms with E-state index in [-0.39, 0.29) is 24.2 Å². The van der Waals surface area contributed by atoms with Crippen molar-refractivity contribution in [1.29, 1.82) is 0 Å². The molecular weight excluding hydrogens is 186 g/mol. The zero-order valence-electron chi connectivity index (χ0n) is 8.27. The molecule has 3 fully saturated rings. The van der Waals surface area contributed by atoms with Crippen LogP contribution in [0.1, 0.15) is 13.8 Å². The van der Waals surface area contributed by atoms with Crippen molar-refractivity contribution in [1.82, 2.24) is 5.48 Å². The molecular formula is C9H15NO4. The maximum absolute atomic E-state index is 9.98. The van der Waals surface area contributed by atoms with Gasteiger partial charge in [0.05, 0.1) is 18.8 Å². The molecule has 2 N–H and O–H groups in total. The van der Waals surface area contributed by atoms with Crippen LogP contribution < -0.4 is 5.48 Å². The molecule has 80 valence electrons. The molecule has 0 radical (unpaired) electrons. The van der Waals surface area contributed by atoms with Gasteiger partial charge in [-0.15, -0.1) is 0 Å². The van der Waals surface area contributed by atoms with Crippen LogP contribution in [0.4, 0.5) is 0 Å². The number of nitrogens with one attached hydrogen (secondary N) is 1. The SMILES string of the molecule is CC1(C)O[C@@H]2[C@H]3NOC[C@H]3[C@@H](O)[C@@H]2O1. The van der Waals surface area contributed by atoms with E-state index in [0.29, 0.717) is 6.61 Å². The largest absolute Gasteiger partial charge is 0.390 e. The highest BCUT2D eigenvalue weighted by molar-refractivity contribution is 5.07. The summed E-state index contributed by atoms with van der Waals surface area (Å²) in [5.41, 5.74) is 2.89. The Morgan fingerprint density at radius 2 is 2.00 bits per heavy atom. The molecule has 14 heavy (non-hydrogen) atoms. The van der Waals surface area contributed by atoms with Crippen LogP contribution in [-0.2, 0) is 14.3 Å². The molecule has 2 heterocycles. The van der Waals surface area contributed by atoms with E-state index in [0.717, 1.165) is 0 Å². The molecule has 0 spiro atoms. The van der Waals surface area contributed by atoms with Gasteiger partial charge >= 0.3 is 0 Å². The third kappa shape index (κ3) is 1.07. The molecule has 5 atom stereocenters.